The Kier molecular flexibility index (Phi) is 10.3. The van der Waals surface area contributed by atoms with Crippen LogP contribution in [0.15, 0.2) is 30.3 Å². The molecule has 0 spiro atoms. The first-order valence-electron chi connectivity index (χ1n) is 5.17. The first kappa shape index (κ1) is 17.2. The molecular weight excluding hydrogens is 277 g/mol. The minimum Gasteiger partial charge on any atom is -0.480 e. The van der Waals surface area contributed by atoms with E-state index in [0.717, 1.165) is 5.49 Å². The number of rotatable bonds is 6. The predicted molar refractivity (Wildman–Crippen MR) is 67.8 cm³/mol. The normalized spacial score (nSPS) is 9.11. The zero-order valence-corrected chi connectivity index (χ0v) is 10.8. The van der Waals surface area contributed by atoms with E-state index >= 15 is 0 Å². The summed E-state index contributed by atoms with van der Waals surface area (Å²) in [5, 5.41) is 10.5. The molecule has 0 aromatic heterocycles. The van der Waals surface area contributed by atoms with Gasteiger partial charge in [-0.05, 0) is 12.1 Å². The Morgan fingerprint density at radius 1 is 1.37 bits per heavy atom. The molecule has 1 aromatic rings. The summed E-state index contributed by atoms with van der Waals surface area (Å²) < 4.78 is 36.3. The summed E-state index contributed by atoms with van der Waals surface area (Å²) >= 11 is 0. The maximum Gasteiger partial charge on any atom is 0.329 e. The molecule has 0 aliphatic rings. The fourth-order valence-corrected chi connectivity index (χ4v) is 1.09. The summed E-state index contributed by atoms with van der Waals surface area (Å²) in [5.41, 5.74) is 0.865. The van der Waals surface area contributed by atoms with Crippen molar-refractivity contribution < 1.29 is 27.4 Å². The van der Waals surface area contributed by atoms with Crippen LogP contribution in [0, 0.1) is 5.82 Å². The van der Waals surface area contributed by atoms with E-state index in [2.05, 4.69) is 10.1 Å². The van der Waals surface area contributed by atoms with Crippen molar-refractivity contribution in [1.82, 2.24) is 5.32 Å². The highest BCUT2D eigenvalue weighted by Gasteiger charge is 1.93. The summed E-state index contributed by atoms with van der Waals surface area (Å²) in [5.74, 6) is -1.23. The molecule has 106 valence electrons. The van der Waals surface area contributed by atoms with Gasteiger partial charge in [-0.3, -0.25) is 5.32 Å². The monoisotopic (exact) mass is 291 g/mol. The zero-order chi connectivity index (χ0) is 14.5. The van der Waals surface area contributed by atoms with E-state index in [0.29, 0.717) is 0 Å². The molecule has 0 aliphatic heterocycles. The fourth-order valence-electron chi connectivity index (χ4n) is 0.832. The third-order valence-electron chi connectivity index (χ3n) is 1.53. The van der Waals surface area contributed by atoms with E-state index < -0.39 is 16.3 Å². The Morgan fingerprint density at radius 2 is 2.00 bits per heavy atom. The molecule has 0 heterocycles. The molecule has 8 heteroatoms. The van der Waals surface area contributed by atoms with Gasteiger partial charge in [0, 0.05) is 6.54 Å². The van der Waals surface area contributed by atoms with Crippen LogP contribution in [0.4, 0.5) is 4.39 Å². The summed E-state index contributed by atoms with van der Waals surface area (Å²) in [4.78, 5) is 9.89. The molecule has 0 radical (unpaired) electrons. The molecule has 0 aliphatic carbocycles. The summed E-state index contributed by atoms with van der Waals surface area (Å²) in [6, 6.07) is 7.94. The van der Waals surface area contributed by atoms with E-state index in [1.54, 1.807) is 18.2 Å². The lowest BCUT2D eigenvalue weighted by molar-refractivity contribution is -0.142. The first-order chi connectivity index (χ1) is 9.02. The molecule has 0 saturated carbocycles. The van der Waals surface area contributed by atoms with Crippen molar-refractivity contribution in [3.8, 4) is 0 Å². The maximum absolute atomic E-state index is 11.9. The summed E-state index contributed by atoms with van der Waals surface area (Å²) in [7, 11) is -2.24. The molecular formula is C11H14FNO5S. The van der Waals surface area contributed by atoms with Crippen molar-refractivity contribution in [3.63, 3.8) is 0 Å². The summed E-state index contributed by atoms with van der Waals surface area (Å²) in [6.07, 6.45) is 0. The molecule has 0 atom stereocenters. The van der Waals surface area contributed by atoms with Gasteiger partial charge >= 0.3 is 5.97 Å². The molecule has 1 rings (SSSR count). The smallest absolute Gasteiger partial charge is 0.329 e. The number of aliphatic carboxylic acids is 1. The van der Waals surface area contributed by atoms with Crippen molar-refractivity contribution in [1.29, 1.82) is 0 Å². The second kappa shape index (κ2) is 11.3. The fraction of sp³-hybridized carbons (Fsp3) is 0.273. The lowest BCUT2D eigenvalue weighted by Crippen LogP contribution is -2.20. The lowest BCUT2D eigenvalue weighted by atomic mass is 10.4. The van der Waals surface area contributed by atoms with Crippen molar-refractivity contribution in [2.45, 2.75) is 0 Å². The zero-order valence-electron chi connectivity index (χ0n) is 9.95. The molecule has 0 fully saturated rings. The molecule has 0 saturated heterocycles. The van der Waals surface area contributed by atoms with Gasteiger partial charge in [0.15, 0.2) is 0 Å². The Balaban J connectivity index is 0.000000388. The van der Waals surface area contributed by atoms with Gasteiger partial charge in [-0.25, -0.2) is 9.18 Å². The second-order valence-corrected chi connectivity index (χ2v) is 3.83. The van der Waals surface area contributed by atoms with Crippen LogP contribution >= 0.6 is 0 Å². The topological polar surface area (TPSA) is 92.7 Å². The molecule has 19 heavy (non-hydrogen) atoms. The minimum atomic E-state index is -2.24. The van der Waals surface area contributed by atoms with Crippen LogP contribution < -0.4 is 5.32 Å². The average molecular weight is 291 g/mol. The van der Waals surface area contributed by atoms with Gasteiger partial charge in [0.2, 0.25) is 10.3 Å². The number of nitrogens with one attached hydrogen (secondary N) is 1. The Morgan fingerprint density at radius 3 is 2.42 bits per heavy atom. The third-order valence-corrected chi connectivity index (χ3v) is 1.89. The molecule has 1 aromatic carbocycles. The molecule has 0 unspecified atom stereocenters. The van der Waals surface area contributed by atoms with Gasteiger partial charge < -0.3 is 9.84 Å². The van der Waals surface area contributed by atoms with Crippen molar-refractivity contribution >= 4 is 21.8 Å². The largest absolute Gasteiger partial charge is 0.480 e. The van der Waals surface area contributed by atoms with Crippen LogP contribution in [0.5, 0.6) is 0 Å². The number of carboxylic acids is 1. The van der Waals surface area contributed by atoms with Crippen molar-refractivity contribution in [2.75, 3.05) is 19.8 Å². The van der Waals surface area contributed by atoms with E-state index in [1.807, 2.05) is 0 Å². The number of halogens is 1. The number of carboxylic acid groups (broad SMARTS) is 1. The Hall–Kier alpha value is -1.77. The highest BCUT2D eigenvalue weighted by atomic mass is 32.2. The van der Waals surface area contributed by atoms with Gasteiger partial charge in [0.25, 0.3) is 0 Å². The lowest BCUT2D eigenvalue weighted by Gasteiger charge is -1.97. The van der Waals surface area contributed by atoms with Gasteiger partial charge in [0.1, 0.15) is 12.4 Å². The molecule has 6 nitrogen and oxygen atoms in total. The predicted octanol–water partition coefficient (Wildman–Crippen LogP) is 0.142. The number of hydrogen-bond donors (Lipinski definition) is 2. The van der Waals surface area contributed by atoms with Gasteiger partial charge in [-0.15, -0.1) is 0 Å². The Labute approximate surface area is 111 Å². The number of benzene rings is 1. The van der Waals surface area contributed by atoms with Crippen LogP contribution in [-0.2, 0) is 19.8 Å². The van der Waals surface area contributed by atoms with E-state index in [4.69, 9.17) is 5.11 Å². The highest BCUT2D eigenvalue weighted by Crippen LogP contribution is 1.91. The minimum absolute atomic E-state index is 0.153. The van der Waals surface area contributed by atoms with Gasteiger partial charge in [-0.1, -0.05) is 18.2 Å². The van der Waals surface area contributed by atoms with Crippen LogP contribution in [0.25, 0.3) is 0 Å². The highest BCUT2D eigenvalue weighted by molar-refractivity contribution is 7.71. The molecule has 0 bridgehead atoms. The standard InChI is InChI=1S/C6H5F.C5H9NO5S/c7-6-4-2-1-3-5-6;7-5(8)3-11-2-1-6-4-12(9)10/h1-5H;4,6H,1-3H2,(H,7,8). The molecule has 0 amide bonds. The molecule has 2 N–H and O–H groups in total. The number of hydrogen-bond acceptors (Lipinski definition) is 4. The quantitative estimate of drug-likeness (QED) is 0.572. The van der Waals surface area contributed by atoms with Crippen molar-refractivity contribution in [2.24, 2.45) is 0 Å². The van der Waals surface area contributed by atoms with E-state index in [-0.39, 0.29) is 25.6 Å². The van der Waals surface area contributed by atoms with Gasteiger partial charge in [-0.2, -0.15) is 8.42 Å². The van der Waals surface area contributed by atoms with Crippen LogP contribution in [-0.4, -0.2) is 44.7 Å². The Bertz CT molecular complexity index is 481. The SMILES string of the molecule is Fc1ccccc1.O=C(O)COCCNC=S(=O)=O. The van der Waals surface area contributed by atoms with Crippen LogP contribution in [0.2, 0.25) is 0 Å². The van der Waals surface area contributed by atoms with Crippen molar-refractivity contribution in [3.05, 3.63) is 36.1 Å². The van der Waals surface area contributed by atoms with E-state index in [9.17, 15) is 17.6 Å². The number of ether oxygens (including phenoxy) is 1. The summed E-state index contributed by atoms with van der Waals surface area (Å²) in [6.45, 7) is 0.0450. The third kappa shape index (κ3) is 14.2. The first-order valence-corrected chi connectivity index (χ1v) is 6.31. The van der Waals surface area contributed by atoms with Crippen LogP contribution in [0.3, 0.4) is 0 Å². The van der Waals surface area contributed by atoms with Gasteiger partial charge in [0.05, 0.1) is 12.1 Å². The second-order valence-electron chi connectivity index (χ2n) is 3.07. The maximum atomic E-state index is 11.9. The van der Waals surface area contributed by atoms with E-state index in [1.165, 1.54) is 12.1 Å². The number of carbonyl (C=O) groups is 1. The average Bonchev–Trinajstić information content (AvgIpc) is 2.35. The van der Waals surface area contributed by atoms with Crippen LogP contribution in [0.1, 0.15) is 0 Å².